The topological polar surface area (TPSA) is 60.9 Å². The smallest absolute Gasteiger partial charge is 0.309 e. The maximum absolute atomic E-state index is 11.8. The molecule has 2 atom stereocenters. The van der Waals surface area contributed by atoms with Crippen LogP contribution in [0.25, 0.3) is 33.4 Å². The quantitative estimate of drug-likeness (QED) is 0.217. The molecule has 8 rings (SSSR count). The molecule has 234 valence electrons. The Morgan fingerprint density at radius 3 is 1.52 bits per heavy atom. The van der Waals surface area contributed by atoms with Crippen LogP contribution in [0, 0.1) is 11.8 Å². The van der Waals surface area contributed by atoms with E-state index in [2.05, 4.69) is 64.4 Å². The second-order valence-electron chi connectivity index (χ2n) is 13.5. The molecule has 2 saturated heterocycles. The number of carboxylic acid groups (broad SMARTS) is 1. The fourth-order valence-corrected chi connectivity index (χ4v) is 8.83. The lowest BCUT2D eigenvalue weighted by atomic mass is 9.91. The molecule has 5 nitrogen and oxygen atoms in total. The van der Waals surface area contributed by atoms with Gasteiger partial charge in [-0.05, 0) is 66.0 Å². The number of rotatable bonds is 7. The van der Waals surface area contributed by atoms with E-state index in [-0.39, 0.29) is 11.8 Å². The van der Waals surface area contributed by atoms with Gasteiger partial charge >= 0.3 is 5.97 Å². The third-order valence-electron chi connectivity index (χ3n) is 10.9. The highest BCUT2D eigenvalue weighted by Crippen LogP contribution is 2.46. The molecule has 2 aliphatic carbocycles. The SMILES string of the molecule is CC(=O)C1CN([C@H]2CCc3cc(-c4cccc(-c5cccc(-c6ccc7c(c6)CC[C@@H]7N6CC(C(=O)O)C6)c5Cl)c4Cl)ccc32)C1. The molecule has 0 unspecified atom stereocenters. The third kappa shape index (κ3) is 5.00. The monoisotopic (exact) mass is 650 g/mol. The molecular formula is C39H36Cl2N2O3. The van der Waals surface area contributed by atoms with Gasteiger partial charge in [-0.15, -0.1) is 0 Å². The number of fused-ring (bicyclic) bond motifs is 2. The Bertz CT molecular complexity index is 1760. The highest BCUT2D eigenvalue weighted by molar-refractivity contribution is 6.39. The minimum atomic E-state index is -0.696. The Kier molecular flexibility index (Phi) is 7.57. The van der Waals surface area contributed by atoms with Crippen LogP contribution in [0.2, 0.25) is 10.0 Å². The van der Waals surface area contributed by atoms with Gasteiger partial charge in [-0.1, -0.05) is 96.0 Å². The summed E-state index contributed by atoms with van der Waals surface area (Å²) in [5.41, 5.74) is 11.3. The summed E-state index contributed by atoms with van der Waals surface area (Å²) in [5, 5.41) is 10.7. The first-order valence-corrected chi connectivity index (χ1v) is 17.1. The zero-order valence-corrected chi connectivity index (χ0v) is 27.3. The number of carboxylic acids is 1. The highest BCUT2D eigenvalue weighted by Gasteiger charge is 2.40. The lowest BCUT2D eigenvalue weighted by molar-refractivity contribution is -0.148. The van der Waals surface area contributed by atoms with E-state index >= 15 is 0 Å². The average molecular weight is 652 g/mol. The predicted octanol–water partition coefficient (Wildman–Crippen LogP) is 8.51. The van der Waals surface area contributed by atoms with Crippen LogP contribution in [-0.2, 0) is 22.4 Å². The number of Topliss-reactive ketones (excluding diaryl/α,β-unsaturated/α-hetero) is 1. The van der Waals surface area contributed by atoms with Crippen molar-refractivity contribution in [3.05, 3.63) is 105 Å². The summed E-state index contributed by atoms with van der Waals surface area (Å²) in [6.07, 6.45) is 4.12. The fraction of sp³-hybridized carbons (Fsp3) is 0.333. The zero-order valence-electron chi connectivity index (χ0n) is 25.8. The molecule has 4 aromatic rings. The van der Waals surface area contributed by atoms with Gasteiger partial charge in [0.15, 0.2) is 0 Å². The number of hydrogen-bond acceptors (Lipinski definition) is 4. The van der Waals surface area contributed by atoms with Crippen LogP contribution < -0.4 is 0 Å². The molecule has 0 saturated carbocycles. The van der Waals surface area contributed by atoms with Crippen molar-refractivity contribution in [1.29, 1.82) is 0 Å². The Hall–Kier alpha value is -3.48. The maximum atomic E-state index is 11.8. The number of aryl methyl sites for hydroxylation is 2. The van der Waals surface area contributed by atoms with Crippen LogP contribution in [0.5, 0.6) is 0 Å². The second kappa shape index (κ2) is 11.6. The Morgan fingerprint density at radius 1 is 0.652 bits per heavy atom. The number of benzene rings is 4. The molecule has 7 heteroatoms. The first-order valence-electron chi connectivity index (χ1n) is 16.3. The van der Waals surface area contributed by atoms with Gasteiger partial charge < -0.3 is 5.11 Å². The molecule has 4 aliphatic rings. The first kappa shape index (κ1) is 29.9. The molecule has 2 fully saturated rings. The molecule has 0 aromatic heterocycles. The van der Waals surface area contributed by atoms with Crippen LogP contribution in [0.3, 0.4) is 0 Å². The van der Waals surface area contributed by atoms with Crippen molar-refractivity contribution in [2.45, 2.75) is 44.7 Å². The van der Waals surface area contributed by atoms with E-state index in [1.807, 2.05) is 18.2 Å². The molecule has 46 heavy (non-hydrogen) atoms. The van der Waals surface area contributed by atoms with Gasteiger partial charge in [0.05, 0.1) is 16.0 Å². The largest absolute Gasteiger partial charge is 0.481 e. The van der Waals surface area contributed by atoms with E-state index in [4.69, 9.17) is 23.2 Å². The number of likely N-dealkylation sites (tertiary alicyclic amines) is 2. The van der Waals surface area contributed by atoms with Gasteiger partial charge in [0.25, 0.3) is 0 Å². The number of nitrogens with zero attached hydrogens (tertiary/aromatic N) is 2. The van der Waals surface area contributed by atoms with E-state index in [9.17, 15) is 14.7 Å². The Labute approximate surface area is 279 Å². The Balaban J connectivity index is 1.05. The normalized spacial score (nSPS) is 21.5. The molecule has 0 spiro atoms. The summed E-state index contributed by atoms with van der Waals surface area (Å²) < 4.78 is 0. The average Bonchev–Trinajstić information content (AvgIpc) is 3.60. The third-order valence-corrected chi connectivity index (χ3v) is 11.7. The lowest BCUT2D eigenvalue weighted by Crippen LogP contribution is -2.51. The van der Waals surface area contributed by atoms with Gasteiger partial charge in [0.2, 0.25) is 0 Å². The van der Waals surface area contributed by atoms with Gasteiger partial charge in [-0.3, -0.25) is 19.4 Å². The minimum Gasteiger partial charge on any atom is -0.481 e. The standard InChI is InChI=1S/C39H36Cl2N2O3/c1-22(44)27-18-42(19-27)35-14-10-23-16-25(8-12-29(23)35)31-4-2-6-33(37(31)40)34-7-3-5-32(38(34)41)26-9-13-30-24(17-26)11-15-36(30)43-20-28(21-43)39(45)46/h2-9,12-13,16-17,27-28,35-36H,10-11,14-15,18-21H2,1H3,(H,45,46)/t35-,36-/m0/s1. The van der Waals surface area contributed by atoms with Gasteiger partial charge in [0.1, 0.15) is 5.78 Å². The van der Waals surface area contributed by atoms with Gasteiger partial charge in [0, 0.05) is 66.4 Å². The van der Waals surface area contributed by atoms with Crippen LogP contribution >= 0.6 is 23.2 Å². The summed E-state index contributed by atoms with van der Waals surface area (Å²) in [4.78, 5) is 27.8. The second-order valence-corrected chi connectivity index (χ2v) is 14.3. The number of hydrogen-bond donors (Lipinski definition) is 1. The Morgan fingerprint density at radius 2 is 1.09 bits per heavy atom. The van der Waals surface area contributed by atoms with E-state index in [1.165, 1.54) is 22.3 Å². The predicted molar refractivity (Wildman–Crippen MR) is 183 cm³/mol. The highest BCUT2D eigenvalue weighted by atomic mass is 35.5. The number of halogens is 2. The van der Waals surface area contributed by atoms with Crippen LogP contribution in [0.15, 0.2) is 72.8 Å². The molecule has 1 N–H and O–H groups in total. The van der Waals surface area contributed by atoms with E-state index in [1.54, 1.807) is 6.92 Å². The lowest BCUT2D eigenvalue weighted by Gasteiger charge is -2.42. The summed E-state index contributed by atoms with van der Waals surface area (Å²) >= 11 is 14.4. The zero-order chi connectivity index (χ0) is 31.7. The molecular weight excluding hydrogens is 615 g/mol. The van der Waals surface area contributed by atoms with E-state index in [0.717, 1.165) is 72.2 Å². The van der Waals surface area contributed by atoms with Crippen LogP contribution in [0.4, 0.5) is 0 Å². The molecule has 0 bridgehead atoms. The van der Waals surface area contributed by atoms with Crippen molar-refractivity contribution in [1.82, 2.24) is 9.80 Å². The fourth-order valence-electron chi connectivity index (χ4n) is 8.16. The van der Waals surface area contributed by atoms with Crippen molar-refractivity contribution < 1.29 is 14.7 Å². The van der Waals surface area contributed by atoms with Crippen molar-refractivity contribution in [3.63, 3.8) is 0 Å². The summed E-state index contributed by atoms with van der Waals surface area (Å²) in [6.45, 7) is 4.70. The molecule has 0 radical (unpaired) electrons. The van der Waals surface area contributed by atoms with Crippen molar-refractivity contribution in [2.75, 3.05) is 26.2 Å². The number of carbonyl (C=O) groups excluding carboxylic acids is 1. The summed E-state index contributed by atoms with van der Waals surface area (Å²) in [6, 6.07) is 26.4. The number of aliphatic carboxylic acids is 1. The number of carbonyl (C=O) groups is 2. The maximum Gasteiger partial charge on any atom is 0.309 e. The van der Waals surface area contributed by atoms with Crippen LogP contribution in [-0.4, -0.2) is 52.8 Å². The van der Waals surface area contributed by atoms with Gasteiger partial charge in [-0.2, -0.15) is 0 Å². The van der Waals surface area contributed by atoms with Gasteiger partial charge in [-0.25, -0.2) is 0 Å². The first-order chi connectivity index (χ1) is 22.3. The van der Waals surface area contributed by atoms with Crippen molar-refractivity contribution in [2.24, 2.45) is 11.8 Å². The minimum absolute atomic E-state index is 0.190. The molecule has 4 aromatic carbocycles. The summed E-state index contributed by atoms with van der Waals surface area (Å²) in [7, 11) is 0. The van der Waals surface area contributed by atoms with Crippen molar-refractivity contribution in [3.8, 4) is 33.4 Å². The summed E-state index contributed by atoms with van der Waals surface area (Å²) in [5.74, 6) is -0.455. The van der Waals surface area contributed by atoms with E-state index in [0.29, 0.717) is 41.0 Å². The molecule has 2 heterocycles. The number of ketones is 1. The molecule has 2 aliphatic heterocycles. The molecule has 0 amide bonds. The van der Waals surface area contributed by atoms with Crippen molar-refractivity contribution >= 4 is 35.0 Å². The van der Waals surface area contributed by atoms with E-state index < -0.39 is 5.97 Å². The van der Waals surface area contributed by atoms with Crippen LogP contribution in [0.1, 0.15) is 54.1 Å².